The van der Waals surface area contributed by atoms with Crippen LogP contribution in [0.15, 0.2) is 23.0 Å². The van der Waals surface area contributed by atoms with E-state index < -0.39 is 0 Å². The summed E-state index contributed by atoms with van der Waals surface area (Å²) in [5.41, 5.74) is 1.59. The van der Waals surface area contributed by atoms with Crippen LogP contribution < -0.4 is 5.56 Å². The molecule has 3 aliphatic rings. The van der Waals surface area contributed by atoms with Crippen molar-refractivity contribution in [3.63, 3.8) is 0 Å². The summed E-state index contributed by atoms with van der Waals surface area (Å²) in [6.07, 6.45) is 6.17. The molecule has 1 aromatic heterocycles. The smallest absolute Gasteiger partial charge is 0.258 e. The number of aliphatic hydroxyl groups excluding tert-OH is 1. The number of pyridine rings is 1. The summed E-state index contributed by atoms with van der Waals surface area (Å²) in [7, 11) is 3.54. The highest BCUT2D eigenvalue weighted by Gasteiger charge is 2.56. The summed E-state index contributed by atoms with van der Waals surface area (Å²) in [6.45, 7) is 3.37. The number of allylic oxidation sites excluding steroid dienone is 1. The van der Waals surface area contributed by atoms with Gasteiger partial charge in [0.1, 0.15) is 0 Å². The highest BCUT2D eigenvalue weighted by Crippen LogP contribution is 2.50. The fraction of sp³-hybridized carbons (Fsp3) is 0.619. The number of rotatable bonds is 5. The highest BCUT2D eigenvalue weighted by molar-refractivity contribution is 5.80. The first kappa shape index (κ1) is 18.4. The quantitative estimate of drug-likeness (QED) is 0.848. The Hall–Kier alpha value is -1.92. The maximum atomic E-state index is 13.1. The van der Waals surface area contributed by atoms with Gasteiger partial charge in [0, 0.05) is 57.0 Å². The van der Waals surface area contributed by atoms with Crippen molar-refractivity contribution in [3.05, 3.63) is 39.8 Å². The molecule has 4 rings (SSSR count). The molecular weight excluding hydrogens is 342 g/mol. The van der Waals surface area contributed by atoms with E-state index in [0.29, 0.717) is 18.0 Å². The van der Waals surface area contributed by atoms with Crippen molar-refractivity contribution in [1.29, 1.82) is 0 Å². The summed E-state index contributed by atoms with van der Waals surface area (Å²) < 4.78 is 1.85. The van der Waals surface area contributed by atoms with Crippen LogP contribution >= 0.6 is 0 Å². The second kappa shape index (κ2) is 6.91. The van der Waals surface area contributed by atoms with Crippen LogP contribution in [0.1, 0.15) is 37.1 Å². The van der Waals surface area contributed by atoms with Gasteiger partial charge in [0.05, 0.1) is 12.0 Å². The second-order valence-corrected chi connectivity index (χ2v) is 8.39. The van der Waals surface area contributed by atoms with Crippen LogP contribution in [0.3, 0.4) is 0 Å². The van der Waals surface area contributed by atoms with Crippen molar-refractivity contribution in [3.8, 4) is 0 Å². The maximum absolute atomic E-state index is 13.1. The van der Waals surface area contributed by atoms with E-state index in [0.717, 1.165) is 12.2 Å². The van der Waals surface area contributed by atoms with Gasteiger partial charge in [-0.15, -0.1) is 0 Å². The number of carbonyl (C=O) groups is 1. The normalized spacial score (nSPS) is 29.9. The second-order valence-electron chi connectivity index (χ2n) is 8.39. The number of aromatic nitrogens is 1. The largest absolute Gasteiger partial charge is 0.396 e. The van der Waals surface area contributed by atoms with Gasteiger partial charge in [-0.1, -0.05) is 12.2 Å². The summed E-state index contributed by atoms with van der Waals surface area (Å²) in [5, 5.41) is 10.2. The number of carbonyl (C=O) groups excluding carboxylic acids is 1. The van der Waals surface area contributed by atoms with Gasteiger partial charge in [0.25, 0.3) is 5.56 Å². The summed E-state index contributed by atoms with van der Waals surface area (Å²) in [6, 6.07) is 3.77. The molecule has 1 saturated carbocycles. The predicted octanol–water partition coefficient (Wildman–Crippen LogP) is 1.34. The molecule has 6 nitrogen and oxygen atoms in total. The Labute approximate surface area is 160 Å². The van der Waals surface area contributed by atoms with Crippen LogP contribution in [-0.2, 0) is 11.3 Å². The molecule has 2 fully saturated rings. The maximum Gasteiger partial charge on any atom is 0.258 e. The first-order chi connectivity index (χ1) is 13.0. The van der Waals surface area contributed by atoms with E-state index in [9.17, 15) is 14.7 Å². The van der Waals surface area contributed by atoms with Crippen molar-refractivity contribution < 1.29 is 9.90 Å². The molecule has 0 aromatic carbocycles. The average molecular weight is 371 g/mol. The van der Waals surface area contributed by atoms with E-state index in [4.69, 9.17) is 0 Å². The van der Waals surface area contributed by atoms with E-state index in [1.165, 1.54) is 12.8 Å². The molecule has 4 atom stereocenters. The molecule has 0 radical (unpaired) electrons. The Morgan fingerprint density at radius 1 is 1.33 bits per heavy atom. The predicted molar refractivity (Wildman–Crippen MR) is 104 cm³/mol. The van der Waals surface area contributed by atoms with Gasteiger partial charge in [-0.3, -0.25) is 14.5 Å². The average Bonchev–Trinajstić information content (AvgIpc) is 3.42. The summed E-state index contributed by atoms with van der Waals surface area (Å²) in [5.74, 6) is 0.270. The fourth-order valence-electron chi connectivity index (χ4n) is 4.97. The number of fused-ring (bicyclic) bond motifs is 4. The number of nitrogens with zero attached hydrogens (tertiary/aromatic N) is 3. The van der Waals surface area contributed by atoms with Crippen molar-refractivity contribution in [2.24, 2.45) is 17.8 Å². The minimum Gasteiger partial charge on any atom is -0.396 e. The van der Waals surface area contributed by atoms with Gasteiger partial charge >= 0.3 is 0 Å². The standard InChI is InChI=1S/C21H29N3O3/c1-4-5-14-8-9-16-19-18(21(27)22(2)3)15(12-25)17(11-24(16)20(14)26)23(19)10-13-6-7-13/h4-5,8-9,13,15,17-19,25H,6-7,10-12H2,1-3H3/b5-4-/t15-,17-,18+,19+/m1/s1. The molecule has 0 unspecified atom stereocenters. The molecule has 0 spiro atoms. The van der Waals surface area contributed by atoms with E-state index in [1.807, 2.05) is 35.8 Å². The van der Waals surface area contributed by atoms with Crippen LogP contribution in [-0.4, -0.2) is 58.7 Å². The van der Waals surface area contributed by atoms with Gasteiger partial charge in [-0.25, -0.2) is 0 Å². The molecule has 2 aliphatic heterocycles. The van der Waals surface area contributed by atoms with Gasteiger partial charge in [-0.05, 0) is 37.8 Å². The summed E-state index contributed by atoms with van der Waals surface area (Å²) >= 11 is 0. The van der Waals surface area contributed by atoms with Gasteiger partial charge in [0.15, 0.2) is 0 Å². The van der Waals surface area contributed by atoms with E-state index in [1.54, 1.807) is 19.0 Å². The van der Waals surface area contributed by atoms with Crippen LogP contribution in [0.5, 0.6) is 0 Å². The lowest BCUT2D eigenvalue weighted by Crippen LogP contribution is -2.47. The molecule has 1 aromatic rings. The Bertz CT molecular complexity index is 824. The van der Waals surface area contributed by atoms with Gasteiger partial charge < -0.3 is 14.6 Å². The summed E-state index contributed by atoms with van der Waals surface area (Å²) in [4.78, 5) is 30.1. The molecule has 6 heteroatoms. The van der Waals surface area contributed by atoms with Gasteiger partial charge in [-0.2, -0.15) is 0 Å². The Kier molecular flexibility index (Phi) is 4.72. The molecule has 146 valence electrons. The zero-order valence-electron chi connectivity index (χ0n) is 16.3. The number of amides is 1. The zero-order chi connectivity index (χ0) is 19.3. The van der Waals surface area contributed by atoms with Crippen molar-refractivity contribution >= 4 is 12.0 Å². The minimum atomic E-state index is -0.311. The monoisotopic (exact) mass is 371 g/mol. The van der Waals surface area contributed by atoms with E-state index in [-0.39, 0.29) is 42.0 Å². The third kappa shape index (κ3) is 2.95. The Balaban J connectivity index is 1.84. The van der Waals surface area contributed by atoms with Crippen molar-refractivity contribution in [1.82, 2.24) is 14.4 Å². The molecular formula is C21H29N3O3. The van der Waals surface area contributed by atoms with Gasteiger partial charge in [0.2, 0.25) is 5.91 Å². The SMILES string of the molecule is C/C=C\c1ccc2n(c1=O)C[C@@H]1[C@@H](CO)[C@H](C(=O)N(C)C)[C@H]2N1CC1CC1. The number of hydrogen-bond donors (Lipinski definition) is 1. The molecule has 1 saturated heterocycles. The van der Waals surface area contributed by atoms with Crippen LogP contribution in [0, 0.1) is 17.8 Å². The molecule has 2 bridgehead atoms. The van der Waals surface area contributed by atoms with Crippen molar-refractivity contribution in [2.45, 2.75) is 38.4 Å². The fourth-order valence-corrected chi connectivity index (χ4v) is 4.97. The van der Waals surface area contributed by atoms with Crippen molar-refractivity contribution in [2.75, 3.05) is 27.2 Å². The first-order valence-corrected chi connectivity index (χ1v) is 9.92. The third-order valence-electron chi connectivity index (χ3n) is 6.44. The molecule has 27 heavy (non-hydrogen) atoms. The molecule has 1 amide bonds. The lowest BCUT2D eigenvalue weighted by atomic mass is 9.86. The van der Waals surface area contributed by atoms with Crippen LogP contribution in [0.4, 0.5) is 0 Å². The zero-order valence-corrected chi connectivity index (χ0v) is 16.3. The van der Waals surface area contributed by atoms with E-state index >= 15 is 0 Å². The minimum absolute atomic E-state index is 0.00122. The molecule has 1 N–H and O–H groups in total. The Morgan fingerprint density at radius 2 is 2.07 bits per heavy atom. The lowest BCUT2D eigenvalue weighted by molar-refractivity contribution is -0.135. The number of aliphatic hydroxyl groups is 1. The van der Waals surface area contributed by atoms with Crippen LogP contribution in [0.25, 0.3) is 6.08 Å². The molecule has 3 heterocycles. The lowest BCUT2D eigenvalue weighted by Gasteiger charge is -2.38. The Morgan fingerprint density at radius 3 is 2.67 bits per heavy atom. The highest BCUT2D eigenvalue weighted by atomic mass is 16.3. The number of hydrogen-bond acceptors (Lipinski definition) is 4. The van der Waals surface area contributed by atoms with E-state index in [2.05, 4.69) is 4.90 Å². The topological polar surface area (TPSA) is 65.8 Å². The molecule has 1 aliphatic carbocycles. The third-order valence-corrected chi connectivity index (χ3v) is 6.44. The first-order valence-electron chi connectivity index (χ1n) is 9.92. The van der Waals surface area contributed by atoms with Crippen LogP contribution in [0.2, 0.25) is 0 Å².